The van der Waals surface area contributed by atoms with E-state index < -0.39 is 0 Å². The van der Waals surface area contributed by atoms with Gasteiger partial charge in [0.2, 0.25) is 0 Å². The number of hydrogen-bond donors (Lipinski definition) is 2. The van der Waals surface area contributed by atoms with Crippen molar-refractivity contribution in [1.29, 1.82) is 0 Å². The number of benzene rings is 2. The van der Waals surface area contributed by atoms with E-state index in [1.165, 1.54) is 16.7 Å². The van der Waals surface area contributed by atoms with E-state index in [1.54, 1.807) is 0 Å². The lowest BCUT2D eigenvalue weighted by Crippen LogP contribution is -2.02. The van der Waals surface area contributed by atoms with Gasteiger partial charge in [-0.2, -0.15) is 0 Å². The van der Waals surface area contributed by atoms with E-state index in [9.17, 15) is 0 Å². The van der Waals surface area contributed by atoms with Crippen molar-refractivity contribution in [3.05, 3.63) is 87.5 Å². The molecule has 0 atom stereocenters. The number of rotatable bonds is 6. The molecule has 0 spiro atoms. The van der Waals surface area contributed by atoms with Crippen LogP contribution in [0.5, 0.6) is 0 Å². The molecule has 2 N–H and O–H groups in total. The highest BCUT2D eigenvalue weighted by molar-refractivity contribution is 14.1. The van der Waals surface area contributed by atoms with Crippen LogP contribution in [0.3, 0.4) is 0 Å². The molecule has 0 saturated heterocycles. The molecular formula is C23H22IN3. The summed E-state index contributed by atoms with van der Waals surface area (Å²) in [4.78, 5) is 4.77. The highest BCUT2D eigenvalue weighted by Gasteiger charge is 2.08. The molecule has 0 saturated carbocycles. The summed E-state index contributed by atoms with van der Waals surface area (Å²) in [5.41, 5.74) is 6.61. The van der Waals surface area contributed by atoms with E-state index >= 15 is 0 Å². The van der Waals surface area contributed by atoms with Crippen molar-refractivity contribution in [3.63, 3.8) is 0 Å². The van der Waals surface area contributed by atoms with Gasteiger partial charge in [-0.3, -0.25) is 0 Å². The first kappa shape index (κ1) is 19.2. The number of nitrogens with one attached hydrogen (secondary N) is 2. The van der Waals surface area contributed by atoms with Crippen molar-refractivity contribution >= 4 is 57.8 Å². The molecule has 0 amide bonds. The third kappa shape index (κ3) is 4.77. The summed E-state index contributed by atoms with van der Waals surface area (Å²) in [6, 6.07) is 18.4. The zero-order chi connectivity index (χ0) is 19.2. The SMILES string of the molecule is C=Cc1ccc(Nc2c(C)cc(/C=C\I)cc2C)nc1Nc1ccccc1. The molecule has 3 nitrogen and oxygen atoms in total. The highest BCUT2D eigenvalue weighted by Crippen LogP contribution is 2.28. The summed E-state index contributed by atoms with van der Waals surface area (Å²) in [5, 5.41) is 6.85. The van der Waals surface area contributed by atoms with Crippen LogP contribution in [0.1, 0.15) is 22.3 Å². The zero-order valence-corrected chi connectivity index (χ0v) is 17.6. The largest absolute Gasteiger partial charge is 0.340 e. The number of hydrogen-bond acceptors (Lipinski definition) is 3. The molecule has 0 aliphatic heterocycles. The lowest BCUT2D eigenvalue weighted by atomic mass is 10.0. The van der Waals surface area contributed by atoms with Gasteiger partial charge in [0.15, 0.2) is 0 Å². The fraction of sp³-hybridized carbons (Fsp3) is 0.0870. The second kappa shape index (κ2) is 8.86. The van der Waals surface area contributed by atoms with E-state index in [0.717, 1.165) is 28.6 Å². The minimum absolute atomic E-state index is 0.779. The molecule has 0 aliphatic carbocycles. The Hall–Kier alpha value is -2.60. The Kier molecular flexibility index (Phi) is 6.29. The minimum atomic E-state index is 0.779. The first-order chi connectivity index (χ1) is 13.1. The van der Waals surface area contributed by atoms with Crippen LogP contribution >= 0.6 is 22.6 Å². The summed E-state index contributed by atoms with van der Waals surface area (Å²) in [6.45, 7) is 8.12. The number of pyridine rings is 1. The van der Waals surface area contributed by atoms with Crippen molar-refractivity contribution < 1.29 is 0 Å². The van der Waals surface area contributed by atoms with Gasteiger partial charge in [0.25, 0.3) is 0 Å². The standard InChI is InChI=1S/C23H22IN3/c1-4-19-10-11-21(27-23(19)25-20-8-6-5-7-9-20)26-22-16(2)14-18(12-13-24)15-17(22)3/h4-15H,1H2,2-3H3,(H2,25,26,27)/b13-12-. The van der Waals surface area contributed by atoms with Gasteiger partial charge < -0.3 is 10.6 Å². The van der Waals surface area contributed by atoms with Crippen LogP contribution < -0.4 is 10.6 Å². The fourth-order valence-corrected chi connectivity index (χ4v) is 3.37. The van der Waals surface area contributed by atoms with Gasteiger partial charge in [0.05, 0.1) is 0 Å². The zero-order valence-electron chi connectivity index (χ0n) is 15.5. The number of halogens is 1. The molecule has 3 aromatic rings. The predicted molar refractivity (Wildman–Crippen MR) is 126 cm³/mol. The third-order valence-electron chi connectivity index (χ3n) is 4.25. The molecule has 1 heterocycles. The molecule has 27 heavy (non-hydrogen) atoms. The van der Waals surface area contributed by atoms with Crippen LogP contribution in [-0.4, -0.2) is 4.98 Å². The monoisotopic (exact) mass is 467 g/mol. The van der Waals surface area contributed by atoms with Gasteiger partial charge in [-0.1, -0.05) is 53.4 Å². The Balaban J connectivity index is 1.92. The van der Waals surface area contributed by atoms with Gasteiger partial charge in [-0.05, 0) is 77.1 Å². The topological polar surface area (TPSA) is 37.0 Å². The Labute approximate surface area is 174 Å². The summed E-state index contributed by atoms with van der Waals surface area (Å²) in [5.74, 6) is 1.57. The molecule has 1 aromatic heterocycles. The molecule has 0 radical (unpaired) electrons. The second-order valence-corrected chi connectivity index (χ2v) is 7.00. The first-order valence-corrected chi connectivity index (χ1v) is 9.96. The molecule has 3 rings (SSSR count). The van der Waals surface area contributed by atoms with Crippen LogP contribution in [0.2, 0.25) is 0 Å². The predicted octanol–water partition coefficient (Wildman–Crippen LogP) is 7.23. The van der Waals surface area contributed by atoms with Crippen molar-refractivity contribution in [2.24, 2.45) is 0 Å². The van der Waals surface area contributed by atoms with Gasteiger partial charge in [0.1, 0.15) is 11.6 Å². The molecule has 136 valence electrons. The normalized spacial score (nSPS) is 10.8. The smallest absolute Gasteiger partial charge is 0.140 e. The summed E-state index contributed by atoms with van der Waals surface area (Å²) >= 11 is 2.24. The number of aromatic nitrogens is 1. The van der Waals surface area contributed by atoms with Gasteiger partial charge >= 0.3 is 0 Å². The maximum atomic E-state index is 4.77. The number of aryl methyl sites for hydroxylation is 2. The Bertz CT molecular complexity index is 955. The molecule has 0 bridgehead atoms. The maximum absolute atomic E-state index is 4.77. The number of para-hydroxylation sites is 1. The van der Waals surface area contributed by atoms with E-state index in [1.807, 2.05) is 52.6 Å². The lowest BCUT2D eigenvalue weighted by Gasteiger charge is -2.15. The van der Waals surface area contributed by atoms with Crippen molar-refractivity contribution in [3.8, 4) is 0 Å². The van der Waals surface area contributed by atoms with Gasteiger partial charge in [0, 0.05) is 16.9 Å². The Morgan fingerprint density at radius 1 is 0.963 bits per heavy atom. The van der Waals surface area contributed by atoms with E-state index in [-0.39, 0.29) is 0 Å². The number of anilines is 4. The van der Waals surface area contributed by atoms with Crippen LogP contribution in [0, 0.1) is 13.8 Å². The lowest BCUT2D eigenvalue weighted by molar-refractivity contribution is 1.26. The average Bonchev–Trinajstić information content (AvgIpc) is 2.66. The third-order valence-corrected chi connectivity index (χ3v) is 4.61. The second-order valence-electron chi connectivity index (χ2n) is 6.28. The van der Waals surface area contributed by atoms with Crippen LogP contribution in [0.15, 0.2) is 65.3 Å². The van der Waals surface area contributed by atoms with E-state index in [0.29, 0.717) is 0 Å². The van der Waals surface area contributed by atoms with Crippen LogP contribution in [0.4, 0.5) is 23.0 Å². The summed E-state index contributed by atoms with van der Waals surface area (Å²) in [6.07, 6.45) is 3.91. The van der Waals surface area contributed by atoms with Crippen molar-refractivity contribution in [2.45, 2.75) is 13.8 Å². The molecular weight excluding hydrogens is 445 g/mol. The quantitative estimate of drug-likeness (QED) is 0.376. The van der Waals surface area contributed by atoms with Crippen LogP contribution in [-0.2, 0) is 0 Å². The van der Waals surface area contributed by atoms with Crippen molar-refractivity contribution in [1.82, 2.24) is 4.98 Å². The molecule has 0 fully saturated rings. The summed E-state index contributed by atoms with van der Waals surface area (Å²) in [7, 11) is 0. The van der Waals surface area contributed by atoms with E-state index in [2.05, 4.69) is 71.9 Å². The fourth-order valence-electron chi connectivity index (χ4n) is 2.95. The molecule has 0 unspecified atom stereocenters. The Morgan fingerprint density at radius 3 is 2.30 bits per heavy atom. The van der Waals surface area contributed by atoms with Gasteiger partial charge in [-0.25, -0.2) is 4.98 Å². The summed E-state index contributed by atoms with van der Waals surface area (Å²) < 4.78 is 2.02. The molecule has 2 aromatic carbocycles. The number of nitrogens with zero attached hydrogens (tertiary/aromatic N) is 1. The average molecular weight is 467 g/mol. The minimum Gasteiger partial charge on any atom is -0.340 e. The maximum Gasteiger partial charge on any atom is 0.140 e. The first-order valence-electron chi connectivity index (χ1n) is 8.71. The highest BCUT2D eigenvalue weighted by atomic mass is 127. The molecule has 4 heteroatoms. The van der Waals surface area contributed by atoms with Crippen molar-refractivity contribution in [2.75, 3.05) is 10.6 Å². The molecule has 0 aliphatic rings. The van der Waals surface area contributed by atoms with E-state index in [4.69, 9.17) is 4.98 Å². The van der Waals surface area contributed by atoms with Gasteiger partial charge in [-0.15, -0.1) is 0 Å². The Morgan fingerprint density at radius 2 is 1.67 bits per heavy atom. The van der Waals surface area contributed by atoms with Crippen LogP contribution in [0.25, 0.3) is 12.2 Å².